The average molecular weight is 208 g/mol. The zero-order chi connectivity index (χ0) is 11.4. The highest BCUT2D eigenvalue weighted by molar-refractivity contribution is 5.91. The summed E-state index contributed by atoms with van der Waals surface area (Å²) in [5.41, 5.74) is 5.51. The maximum Gasteiger partial charge on any atom is 0.00891 e. The molecule has 0 aromatic heterocycles. The Morgan fingerprint density at radius 2 is 2.06 bits per heavy atom. The molecule has 0 radical (unpaired) electrons. The monoisotopic (exact) mass is 208 g/mol. The molecule has 0 heteroatoms. The predicted octanol–water partition coefficient (Wildman–Crippen LogP) is 4.29. The molecule has 0 aliphatic heterocycles. The summed E-state index contributed by atoms with van der Waals surface area (Å²) < 4.78 is 0. The minimum Gasteiger partial charge on any atom is -0.120 e. The lowest BCUT2D eigenvalue weighted by atomic mass is 9.99. The lowest BCUT2D eigenvalue weighted by Gasteiger charge is -2.06. The van der Waals surface area contributed by atoms with Crippen LogP contribution in [0.1, 0.15) is 37.3 Å². The minimum atomic E-state index is 0.871. The molecule has 0 bridgehead atoms. The summed E-state index contributed by atoms with van der Waals surface area (Å²) in [5.74, 6) is 2.69. The molecule has 0 saturated carbocycles. The number of benzene rings is 1. The van der Waals surface area contributed by atoms with E-state index in [1.807, 2.05) is 0 Å². The number of rotatable bonds is 3. The highest BCUT2D eigenvalue weighted by atomic mass is 14.2. The van der Waals surface area contributed by atoms with Crippen molar-refractivity contribution < 1.29 is 0 Å². The van der Waals surface area contributed by atoms with E-state index in [0.29, 0.717) is 0 Å². The van der Waals surface area contributed by atoms with Crippen molar-refractivity contribution in [2.75, 3.05) is 0 Å². The van der Waals surface area contributed by atoms with Crippen LogP contribution in [-0.4, -0.2) is 0 Å². The minimum absolute atomic E-state index is 0.871. The van der Waals surface area contributed by atoms with Gasteiger partial charge in [-0.1, -0.05) is 42.0 Å². The van der Waals surface area contributed by atoms with E-state index < -0.39 is 0 Å². The van der Waals surface area contributed by atoms with E-state index in [1.165, 1.54) is 22.3 Å². The maximum atomic E-state index is 5.26. The summed E-state index contributed by atoms with van der Waals surface area (Å²) in [4.78, 5) is 0. The van der Waals surface area contributed by atoms with Crippen LogP contribution < -0.4 is 0 Å². The third-order valence-corrected chi connectivity index (χ3v) is 3.01. The first-order chi connectivity index (χ1) is 7.83. The third-order valence-electron chi connectivity index (χ3n) is 3.01. The van der Waals surface area contributed by atoms with Crippen LogP contribution in [0.4, 0.5) is 0 Å². The molecular weight excluding hydrogens is 192 g/mol. The number of fused-ring (bicyclic) bond motifs is 1. The van der Waals surface area contributed by atoms with Gasteiger partial charge in [0.25, 0.3) is 0 Å². The summed E-state index contributed by atoms with van der Waals surface area (Å²) in [5, 5.41) is 0. The molecule has 0 saturated heterocycles. The molecule has 1 aliphatic carbocycles. The highest BCUT2D eigenvalue weighted by Gasteiger charge is 2.11. The van der Waals surface area contributed by atoms with Gasteiger partial charge >= 0.3 is 0 Å². The molecule has 0 spiro atoms. The van der Waals surface area contributed by atoms with E-state index in [9.17, 15) is 0 Å². The zero-order valence-electron chi connectivity index (χ0n) is 9.66. The number of hydrogen-bond donors (Lipinski definition) is 0. The molecule has 1 aromatic rings. The lowest BCUT2D eigenvalue weighted by molar-refractivity contribution is 0.849. The molecule has 0 N–H and O–H groups in total. The molecule has 80 valence electrons. The number of hydrogen-bond acceptors (Lipinski definition) is 0. The van der Waals surface area contributed by atoms with Gasteiger partial charge in [0.05, 0.1) is 0 Å². The Hall–Kier alpha value is -1.74. The highest BCUT2D eigenvalue weighted by Crippen LogP contribution is 2.32. The van der Waals surface area contributed by atoms with Crippen molar-refractivity contribution in [3.63, 3.8) is 0 Å². The van der Waals surface area contributed by atoms with E-state index >= 15 is 0 Å². The van der Waals surface area contributed by atoms with Gasteiger partial charge < -0.3 is 0 Å². The lowest BCUT2D eigenvalue weighted by Crippen LogP contribution is -1.86. The van der Waals surface area contributed by atoms with Gasteiger partial charge in [0, 0.05) is 6.42 Å². The van der Waals surface area contributed by atoms with Gasteiger partial charge in [-0.25, -0.2) is 0 Å². The van der Waals surface area contributed by atoms with Crippen LogP contribution in [0.2, 0.25) is 0 Å². The van der Waals surface area contributed by atoms with Gasteiger partial charge in [-0.05, 0) is 36.5 Å². The van der Waals surface area contributed by atoms with Crippen molar-refractivity contribution in [3.8, 4) is 12.3 Å². The van der Waals surface area contributed by atoms with Crippen LogP contribution in [0.5, 0.6) is 0 Å². The molecule has 0 heterocycles. The first kappa shape index (κ1) is 10.8. The van der Waals surface area contributed by atoms with Crippen LogP contribution in [0.15, 0.2) is 35.9 Å². The summed E-state index contributed by atoms with van der Waals surface area (Å²) in [6.07, 6.45) is 12.7. The molecule has 1 aliphatic rings. The Balaban J connectivity index is 2.21. The Kier molecular flexibility index (Phi) is 3.27. The number of unbranched alkanes of at least 4 members (excludes halogenated alkanes) is 1. The Morgan fingerprint density at radius 1 is 1.25 bits per heavy atom. The van der Waals surface area contributed by atoms with Crippen molar-refractivity contribution in [1.82, 2.24) is 0 Å². The average Bonchev–Trinajstić information content (AvgIpc) is 2.73. The maximum absolute atomic E-state index is 5.26. The molecule has 0 nitrogen and oxygen atoms in total. The van der Waals surface area contributed by atoms with Crippen molar-refractivity contribution in [2.45, 2.75) is 26.2 Å². The van der Waals surface area contributed by atoms with Gasteiger partial charge in [0.1, 0.15) is 0 Å². The van der Waals surface area contributed by atoms with Crippen LogP contribution in [-0.2, 0) is 0 Å². The molecule has 0 fully saturated rings. The van der Waals surface area contributed by atoms with Crippen molar-refractivity contribution in [3.05, 3.63) is 47.0 Å². The quantitative estimate of drug-likeness (QED) is 0.513. The molecule has 16 heavy (non-hydrogen) atoms. The number of terminal acetylenes is 1. The van der Waals surface area contributed by atoms with E-state index in [-0.39, 0.29) is 0 Å². The molecule has 1 aromatic carbocycles. The second kappa shape index (κ2) is 4.86. The Morgan fingerprint density at radius 3 is 2.88 bits per heavy atom. The fourth-order valence-corrected chi connectivity index (χ4v) is 2.11. The van der Waals surface area contributed by atoms with Crippen LogP contribution in [0, 0.1) is 12.3 Å². The fraction of sp³-hybridized carbons (Fsp3) is 0.250. The van der Waals surface area contributed by atoms with E-state index in [4.69, 9.17) is 6.42 Å². The topological polar surface area (TPSA) is 0 Å². The van der Waals surface area contributed by atoms with E-state index in [2.05, 4.69) is 49.3 Å². The fourth-order valence-electron chi connectivity index (χ4n) is 2.11. The summed E-state index contributed by atoms with van der Waals surface area (Å²) >= 11 is 0. The number of allylic oxidation sites excluding steroid dienone is 3. The smallest absolute Gasteiger partial charge is 0.00891 e. The molecule has 0 unspecified atom stereocenters. The standard InChI is InChI=1S/C16H16/c1-3-4-5-8-13(2)15-12-11-14-9-6-7-10-16(14)15/h1,6-7,9-12H,4-5,8H2,2H3. The first-order valence-corrected chi connectivity index (χ1v) is 5.73. The van der Waals surface area contributed by atoms with Crippen molar-refractivity contribution in [2.24, 2.45) is 0 Å². The zero-order valence-corrected chi connectivity index (χ0v) is 9.66. The Bertz CT molecular complexity index is 481. The summed E-state index contributed by atoms with van der Waals surface area (Å²) in [6.45, 7) is 2.21. The summed E-state index contributed by atoms with van der Waals surface area (Å²) in [7, 11) is 0. The normalized spacial score (nSPS) is 15.8. The van der Waals surface area contributed by atoms with Crippen molar-refractivity contribution in [1.29, 1.82) is 0 Å². The Labute approximate surface area is 97.7 Å². The van der Waals surface area contributed by atoms with E-state index in [0.717, 1.165) is 19.3 Å². The van der Waals surface area contributed by atoms with Gasteiger partial charge in [-0.3, -0.25) is 0 Å². The second-order valence-corrected chi connectivity index (χ2v) is 4.17. The third kappa shape index (κ3) is 2.09. The first-order valence-electron chi connectivity index (χ1n) is 5.73. The second-order valence-electron chi connectivity index (χ2n) is 4.17. The molecule has 2 rings (SSSR count). The SMILES string of the molecule is C#CCCCC(C)=C1C=Cc2ccccc21. The van der Waals surface area contributed by atoms with Gasteiger partial charge in [0.2, 0.25) is 0 Å². The van der Waals surface area contributed by atoms with E-state index in [1.54, 1.807) is 0 Å². The molecular formula is C16H16. The van der Waals surface area contributed by atoms with Crippen LogP contribution >= 0.6 is 0 Å². The predicted molar refractivity (Wildman–Crippen MR) is 70.8 cm³/mol. The van der Waals surface area contributed by atoms with Gasteiger partial charge in [-0.15, -0.1) is 12.3 Å². The summed E-state index contributed by atoms with van der Waals surface area (Å²) in [6, 6.07) is 8.53. The largest absolute Gasteiger partial charge is 0.120 e. The molecule has 0 atom stereocenters. The van der Waals surface area contributed by atoms with Crippen LogP contribution in [0.25, 0.3) is 11.6 Å². The van der Waals surface area contributed by atoms with Gasteiger partial charge in [-0.2, -0.15) is 0 Å². The van der Waals surface area contributed by atoms with Crippen LogP contribution in [0.3, 0.4) is 0 Å². The van der Waals surface area contributed by atoms with Crippen molar-refractivity contribution >= 4 is 11.6 Å². The molecule has 0 amide bonds. The van der Waals surface area contributed by atoms with Gasteiger partial charge in [0.15, 0.2) is 0 Å².